The van der Waals surface area contributed by atoms with E-state index in [1.165, 1.54) is 36.3 Å². The first-order valence-corrected chi connectivity index (χ1v) is 8.49. The lowest BCUT2D eigenvalue weighted by atomic mass is 10.1. The second kappa shape index (κ2) is 8.07. The van der Waals surface area contributed by atoms with Gasteiger partial charge >= 0.3 is 5.97 Å². The molecule has 0 saturated heterocycles. The van der Waals surface area contributed by atoms with Crippen LogP contribution in [0.4, 0.5) is 4.39 Å². The van der Waals surface area contributed by atoms with Crippen LogP contribution in [0, 0.1) is 11.7 Å². The first kappa shape index (κ1) is 18.7. The number of hydrogen-bond donors (Lipinski definition) is 0. The Kier molecular flexibility index (Phi) is 5.59. The molecule has 0 N–H and O–H groups in total. The smallest absolute Gasteiger partial charge is 0.310 e. The summed E-state index contributed by atoms with van der Waals surface area (Å²) in [4.78, 5) is 26.3. The van der Waals surface area contributed by atoms with Crippen molar-refractivity contribution in [1.82, 2.24) is 4.90 Å². The molecular formula is C20H20FNO5. The zero-order valence-electron chi connectivity index (χ0n) is 15.1. The lowest BCUT2D eigenvalue weighted by Gasteiger charge is -2.25. The topological polar surface area (TPSA) is 65.1 Å². The van der Waals surface area contributed by atoms with Crippen molar-refractivity contribution in [1.29, 1.82) is 0 Å². The molecule has 0 aromatic heterocycles. The summed E-state index contributed by atoms with van der Waals surface area (Å²) in [6, 6.07) is 10.7. The van der Waals surface area contributed by atoms with Crippen molar-refractivity contribution in [2.24, 2.45) is 5.92 Å². The Morgan fingerprint density at radius 1 is 1.15 bits per heavy atom. The number of methoxy groups -OCH3 is 1. The molecule has 0 fully saturated rings. The molecule has 0 saturated carbocycles. The zero-order valence-corrected chi connectivity index (χ0v) is 15.1. The summed E-state index contributed by atoms with van der Waals surface area (Å²) in [5.74, 6) is -0.369. The first-order chi connectivity index (χ1) is 13.0. The minimum absolute atomic E-state index is 0.163. The number of ether oxygens (including phenoxy) is 3. The minimum Gasteiger partial charge on any atom is -0.469 e. The van der Waals surface area contributed by atoms with Crippen molar-refractivity contribution in [3.8, 4) is 11.5 Å². The molecule has 1 aliphatic rings. The van der Waals surface area contributed by atoms with Gasteiger partial charge in [-0.1, -0.05) is 13.0 Å². The molecular weight excluding hydrogens is 353 g/mol. The highest BCUT2D eigenvalue weighted by molar-refractivity contribution is 5.94. The number of carbonyl (C=O) groups is 2. The number of esters is 1. The van der Waals surface area contributed by atoms with E-state index in [1.807, 2.05) is 6.07 Å². The van der Waals surface area contributed by atoms with Gasteiger partial charge in [0.05, 0.1) is 13.0 Å². The van der Waals surface area contributed by atoms with E-state index in [4.69, 9.17) is 14.2 Å². The van der Waals surface area contributed by atoms with Crippen LogP contribution in [0.15, 0.2) is 42.5 Å². The van der Waals surface area contributed by atoms with E-state index in [-0.39, 0.29) is 25.8 Å². The number of hydrogen-bond acceptors (Lipinski definition) is 5. The van der Waals surface area contributed by atoms with Gasteiger partial charge in [0, 0.05) is 18.7 Å². The molecule has 2 aromatic carbocycles. The molecule has 1 unspecified atom stereocenters. The number of rotatable bonds is 6. The fourth-order valence-electron chi connectivity index (χ4n) is 2.86. The average Bonchev–Trinajstić information content (AvgIpc) is 3.14. The SMILES string of the molecule is COC(=O)C(C)CN(Cc1ccc2c(c1)OCO2)C(=O)c1ccc(F)cc1. The van der Waals surface area contributed by atoms with Gasteiger partial charge in [0.1, 0.15) is 5.82 Å². The molecule has 1 atom stereocenters. The van der Waals surface area contributed by atoms with Gasteiger partial charge in [0.15, 0.2) is 11.5 Å². The summed E-state index contributed by atoms with van der Waals surface area (Å²) in [6.45, 7) is 2.28. The maximum absolute atomic E-state index is 13.2. The molecule has 0 radical (unpaired) electrons. The van der Waals surface area contributed by atoms with Crippen LogP contribution in [0.25, 0.3) is 0 Å². The van der Waals surface area contributed by atoms with Crippen LogP contribution in [0.5, 0.6) is 11.5 Å². The third-order valence-corrected chi connectivity index (χ3v) is 4.29. The van der Waals surface area contributed by atoms with Crippen molar-refractivity contribution in [2.45, 2.75) is 13.5 Å². The van der Waals surface area contributed by atoms with Gasteiger partial charge in [-0.2, -0.15) is 0 Å². The molecule has 0 bridgehead atoms. The summed E-state index contributed by atoms with van der Waals surface area (Å²) < 4.78 is 28.6. The third-order valence-electron chi connectivity index (χ3n) is 4.29. The van der Waals surface area contributed by atoms with Crippen molar-refractivity contribution in [2.75, 3.05) is 20.4 Å². The molecule has 1 aliphatic heterocycles. The Balaban J connectivity index is 1.83. The largest absolute Gasteiger partial charge is 0.469 e. The molecule has 0 aliphatic carbocycles. The predicted molar refractivity (Wildman–Crippen MR) is 94.9 cm³/mol. The summed E-state index contributed by atoms with van der Waals surface area (Å²) >= 11 is 0. The van der Waals surface area contributed by atoms with E-state index in [9.17, 15) is 14.0 Å². The van der Waals surface area contributed by atoms with Crippen molar-refractivity contribution < 1.29 is 28.2 Å². The number of nitrogens with zero attached hydrogens (tertiary/aromatic N) is 1. The monoisotopic (exact) mass is 373 g/mol. The van der Waals surface area contributed by atoms with Crippen LogP contribution < -0.4 is 9.47 Å². The van der Waals surface area contributed by atoms with E-state index in [1.54, 1.807) is 19.1 Å². The number of halogens is 1. The molecule has 27 heavy (non-hydrogen) atoms. The first-order valence-electron chi connectivity index (χ1n) is 8.49. The minimum atomic E-state index is -0.506. The van der Waals surface area contributed by atoms with Crippen LogP contribution in [0.2, 0.25) is 0 Å². The van der Waals surface area contributed by atoms with Gasteiger partial charge in [-0.3, -0.25) is 9.59 Å². The van der Waals surface area contributed by atoms with Gasteiger partial charge in [-0.25, -0.2) is 4.39 Å². The van der Waals surface area contributed by atoms with E-state index in [0.29, 0.717) is 17.1 Å². The Morgan fingerprint density at radius 2 is 1.85 bits per heavy atom. The normalized spacial score (nSPS) is 13.1. The van der Waals surface area contributed by atoms with E-state index in [2.05, 4.69) is 0 Å². The predicted octanol–water partition coefficient (Wildman–Crippen LogP) is 3.01. The highest BCUT2D eigenvalue weighted by Gasteiger charge is 2.24. The molecule has 142 valence electrons. The summed E-state index contributed by atoms with van der Waals surface area (Å²) in [5, 5.41) is 0. The van der Waals surface area contributed by atoms with Gasteiger partial charge < -0.3 is 19.1 Å². The van der Waals surface area contributed by atoms with Gasteiger partial charge in [-0.05, 0) is 42.0 Å². The zero-order chi connectivity index (χ0) is 19.4. The second-order valence-electron chi connectivity index (χ2n) is 6.30. The van der Waals surface area contributed by atoms with Crippen molar-refractivity contribution >= 4 is 11.9 Å². The van der Waals surface area contributed by atoms with E-state index < -0.39 is 17.7 Å². The Morgan fingerprint density at radius 3 is 2.56 bits per heavy atom. The van der Waals surface area contributed by atoms with Crippen LogP contribution in [0.1, 0.15) is 22.8 Å². The third kappa shape index (κ3) is 4.36. The van der Waals surface area contributed by atoms with Crippen LogP contribution in [-0.2, 0) is 16.1 Å². The molecule has 1 amide bonds. The Bertz CT molecular complexity index is 837. The fourth-order valence-corrected chi connectivity index (χ4v) is 2.86. The lowest BCUT2D eigenvalue weighted by molar-refractivity contribution is -0.145. The quantitative estimate of drug-likeness (QED) is 0.729. The number of carbonyl (C=O) groups excluding carboxylic acids is 2. The van der Waals surface area contributed by atoms with Gasteiger partial charge in [-0.15, -0.1) is 0 Å². The number of benzene rings is 2. The van der Waals surface area contributed by atoms with Crippen LogP contribution in [-0.4, -0.2) is 37.2 Å². The number of amides is 1. The maximum Gasteiger partial charge on any atom is 0.310 e. The van der Waals surface area contributed by atoms with Crippen LogP contribution in [0.3, 0.4) is 0 Å². The molecule has 1 heterocycles. The standard InChI is InChI=1S/C20H20FNO5/c1-13(20(24)25-2)10-22(19(23)15-4-6-16(21)7-5-15)11-14-3-8-17-18(9-14)27-12-26-17/h3-9,13H,10-12H2,1-2H3. The van der Waals surface area contributed by atoms with Gasteiger partial charge in [0.2, 0.25) is 6.79 Å². The summed E-state index contributed by atoms with van der Waals surface area (Å²) in [7, 11) is 1.31. The maximum atomic E-state index is 13.2. The van der Waals surface area contributed by atoms with Gasteiger partial charge in [0.25, 0.3) is 5.91 Å². The summed E-state index contributed by atoms with van der Waals surface area (Å²) in [5.41, 5.74) is 1.17. The number of fused-ring (bicyclic) bond motifs is 1. The molecule has 7 heteroatoms. The summed E-state index contributed by atoms with van der Waals surface area (Å²) in [6.07, 6.45) is 0. The second-order valence-corrected chi connectivity index (χ2v) is 6.30. The van der Waals surface area contributed by atoms with Crippen LogP contribution >= 0.6 is 0 Å². The molecule has 3 rings (SSSR count). The average molecular weight is 373 g/mol. The Hall–Kier alpha value is -3.09. The fraction of sp³-hybridized carbons (Fsp3) is 0.300. The lowest BCUT2D eigenvalue weighted by Crippen LogP contribution is -2.36. The highest BCUT2D eigenvalue weighted by atomic mass is 19.1. The Labute approximate surface area is 156 Å². The highest BCUT2D eigenvalue weighted by Crippen LogP contribution is 2.33. The molecule has 6 nitrogen and oxygen atoms in total. The van der Waals surface area contributed by atoms with Crippen molar-refractivity contribution in [3.63, 3.8) is 0 Å². The molecule has 2 aromatic rings. The molecule has 0 spiro atoms. The van der Waals surface area contributed by atoms with Crippen molar-refractivity contribution in [3.05, 3.63) is 59.4 Å². The van der Waals surface area contributed by atoms with E-state index in [0.717, 1.165) is 5.56 Å². The van der Waals surface area contributed by atoms with E-state index >= 15 is 0 Å².